The molecule has 0 saturated carbocycles. The van der Waals surface area contributed by atoms with Gasteiger partial charge in [0.15, 0.2) is 5.78 Å². The summed E-state index contributed by atoms with van der Waals surface area (Å²) in [5.41, 5.74) is 10.2. The van der Waals surface area contributed by atoms with E-state index in [2.05, 4.69) is 47.4 Å². The number of ketones is 1. The average Bonchev–Trinajstić information content (AvgIpc) is 3.25. The Morgan fingerprint density at radius 3 is 2.31 bits per heavy atom. The van der Waals surface area contributed by atoms with Crippen molar-refractivity contribution in [1.29, 1.82) is 0 Å². The zero-order chi connectivity index (χ0) is 20.2. The molecule has 2 unspecified atom stereocenters. The van der Waals surface area contributed by atoms with Gasteiger partial charge in [0.1, 0.15) is 6.04 Å². The van der Waals surface area contributed by atoms with Crippen LogP contribution in [0.4, 0.5) is 5.69 Å². The van der Waals surface area contributed by atoms with E-state index in [4.69, 9.17) is 0 Å². The Morgan fingerprint density at radius 2 is 1.55 bits per heavy atom. The number of nitrogens with one attached hydrogen (secondary N) is 3. The van der Waals surface area contributed by atoms with Crippen molar-refractivity contribution in [3.63, 3.8) is 0 Å². The number of rotatable bonds is 5. The lowest BCUT2D eigenvalue weighted by atomic mass is 10.00. The van der Waals surface area contributed by atoms with Crippen molar-refractivity contribution in [2.75, 3.05) is 5.32 Å². The summed E-state index contributed by atoms with van der Waals surface area (Å²) in [6, 6.07) is 24.1. The zero-order valence-electron chi connectivity index (χ0n) is 16.2. The van der Waals surface area contributed by atoms with Gasteiger partial charge in [-0.25, -0.2) is 10.9 Å². The van der Waals surface area contributed by atoms with Gasteiger partial charge in [0.25, 0.3) is 0 Å². The van der Waals surface area contributed by atoms with Gasteiger partial charge in [-0.15, -0.1) is 0 Å². The maximum absolute atomic E-state index is 12.9. The van der Waals surface area contributed by atoms with Crippen molar-refractivity contribution in [2.45, 2.75) is 25.4 Å². The molecule has 1 heterocycles. The van der Waals surface area contributed by atoms with E-state index in [1.807, 2.05) is 24.3 Å². The number of hydrogen-bond acceptors (Lipinski definition) is 4. The number of carbonyl (C=O) groups excluding carboxylic acids is 2. The van der Waals surface area contributed by atoms with Crippen molar-refractivity contribution >= 4 is 17.4 Å². The number of amides is 1. The molecule has 0 spiro atoms. The minimum absolute atomic E-state index is 0.0625. The molecule has 1 aliphatic rings. The van der Waals surface area contributed by atoms with Crippen molar-refractivity contribution in [2.24, 2.45) is 0 Å². The molecule has 4 rings (SSSR count). The molecule has 0 radical (unpaired) electrons. The summed E-state index contributed by atoms with van der Waals surface area (Å²) in [6.45, 7) is 2.05. The van der Waals surface area contributed by atoms with E-state index in [-0.39, 0.29) is 23.8 Å². The minimum atomic E-state index is -0.388. The van der Waals surface area contributed by atoms with Gasteiger partial charge in [-0.3, -0.25) is 9.59 Å². The quantitative estimate of drug-likeness (QED) is 0.585. The highest BCUT2D eigenvalue weighted by molar-refractivity contribution is 6.14. The summed E-state index contributed by atoms with van der Waals surface area (Å²) in [5, 5.41) is 2.92. The highest BCUT2D eigenvalue weighted by Gasteiger charge is 2.30. The highest BCUT2D eigenvalue weighted by atomic mass is 16.2. The van der Waals surface area contributed by atoms with Crippen molar-refractivity contribution in [1.82, 2.24) is 10.9 Å². The molecule has 0 aromatic heterocycles. The fourth-order valence-corrected chi connectivity index (χ4v) is 3.50. The highest BCUT2D eigenvalue weighted by Crippen LogP contribution is 2.24. The lowest BCUT2D eigenvalue weighted by molar-refractivity contribution is -0.117. The largest absolute Gasteiger partial charge is 0.324 e. The van der Waals surface area contributed by atoms with Gasteiger partial charge in [0, 0.05) is 17.2 Å². The average molecular weight is 385 g/mol. The van der Waals surface area contributed by atoms with E-state index in [9.17, 15) is 9.59 Å². The van der Waals surface area contributed by atoms with Crippen LogP contribution in [0.15, 0.2) is 78.9 Å². The summed E-state index contributed by atoms with van der Waals surface area (Å²) in [5.74, 6) is -0.281. The predicted octanol–water partition coefficient (Wildman–Crippen LogP) is 3.77. The first-order valence-corrected chi connectivity index (χ1v) is 9.69. The van der Waals surface area contributed by atoms with Crippen molar-refractivity contribution < 1.29 is 9.59 Å². The molecule has 3 aromatic rings. The predicted molar refractivity (Wildman–Crippen MR) is 114 cm³/mol. The van der Waals surface area contributed by atoms with Gasteiger partial charge in [0.2, 0.25) is 5.91 Å². The Hall–Kier alpha value is -3.28. The van der Waals surface area contributed by atoms with Gasteiger partial charge in [-0.05, 0) is 31.0 Å². The number of benzene rings is 3. The van der Waals surface area contributed by atoms with Gasteiger partial charge in [0.05, 0.1) is 5.69 Å². The maximum Gasteiger partial charge on any atom is 0.242 e. The monoisotopic (exact) mass is 385 g/mol. The third-order valence-electron chi connectivity index (χ3n) is 5.16. The van der Waals surface area contributed by atoms with E-state index in [0.29, 0.717) is 23.2 Å². The molecule has 2 atom stereocenters. The second-order valence-electron chi connectivity index (χ2n) is 7.27. The molecule has 0 aliphatic carbocycles. The number of para-hydroxylation sites is 1. The standard InChI is InChI=1S/C24H23N3O2/c1-16-11-13-17(14-12-16)21-15-22(27-26-21)24(29)25-20-10-6-5-9-19(20)23(28)18-7-3-2-4-8-18/h2-14,21-22,26-27H,15H2,1H3,(H,25,29). The molecule has 3 aromatic carbocycles. The summed E-state index contributed by atoms with van der Waals surface area (Å²) in [7, 11) is 0. The number of anilines is 1. The molecule has 1 fully saturated rings. The topological polar surface area (TPSA) is 70.2 Å². The molecule has 1 amide bonds. The third-order valence-corrected chi connectivity index (χ3v) is 5.16. The van der Waals surface area contributed by atoms with Crippen LogP contribution in [0, 0.1) is 6.92 Å². The van der Waals surface area contributed by atoms with Crippen LogP contribution in [0.25, 0.3) is 0 Å². The van der Waals surface area contributed by atoms with Gasteiger partial charge >= 0.3 is 0 Å². The molecular weight excluding hydrogens is 362 g/mol. The molecule has 5 heteroatoms. The Bertz CT molecular complexity index is 1020. The number of aryl methyl sites for hydroxylation is 1. The summed E-state index contributed by atoms with van der Waals surface area (Å²) >= 11 is 0. The van der Waals surface area contributed by atoms with Crippen LogP contribution in [-0.4, -0.2) is 17.7 Å². The molecule has 0 bridgehead atoms. The first-order chi connectivity index (χ1) is 14.1. The van der Waals surface area contributed by atoms with Crippen LogP contribution >= 0.6 is 0 Å². The smallest absolute Gasteiger partial charge is 0.242 e. The van der Waals surface area contributed by atoms with E-state index >= 15 is 0 Å². The molecule has 29 heavy (non-hydrogen) atoms. The molecule has 1 aliphatic heterocycles. The van der Waals surface area contributed by atoms with Crippen LogP contribution < -0.4 is 16.2 Å². The lowest BCUT2D eigenvalue weighted by Crippen LogP contribution is -2.39. The number of hydrazine groups is 1. The van der Waals surface area contributed by atoms with Gasteiger partial charge < -0.3 is 5.32 Å². The van der Waals surface area contributed by atoms with Gasteiger partial charge in [-0.2, -0.15) is 0 Å². The van der Waals surface area contributed by atoms with Crippen LogP contribution in [0.5, 0.6) is 0 Å². The first-order valence-electron chi connectivity index (χ1n) is 9.69. The van der Waals surface area contributed by atoms with Crippen LogP contribution in [0.1, 0.15) is 39.5 Å². The Balaban J connectivity index is 1.47. The van der Waals surface area contributed by atoms with Crippen molar-refractivity contribution in [3.05, 3.63) is 101 Å². The molecular formula is C24H23N3O2. The third kappa shape index (κ3) is 4.26. The van der Waals surface area contributed by atoms with Crippen molar-refractivity contribution in [3.8, 4) is 0 Å². The summed E-state index contributed by atoms with van der Waals surface area (Å²) in [4.78, 5) is 25.7. The second-order valence-corrected chi connectivity index (χ2v) is 7.27. The van der Waals surface area contributed by atoms with E-state index in [1.54, 1.807) is 30.3 Å². The SMILES string of the molecule is Cc1ccc(C2CC(C(=O)Nc3ccccc3C(=O)c3ccccc3)NN2)cc1. The first kappa shape index (κ1) is 19.1. The normalized spacial score (nSPS) is 18.4. The Kier molecular flexibility index (Phi) is 5.51. The number of carbonyl (C=O) groups is 2. The lowest BCUT2D eigenvalue weighted by Gasteiger charge is -2.14. The summed E-state index contributed by atoms with van der Waals surface area (Å²) < 4.78 is 0. The molecule has 3 N–H and O–H groups in total. The van der Waals surface area contributed by atoms with E-state index in [1.165, 1.54) is 5.56 Å². The molecule has 1 saturated heterocycles. The summed E-state index contributed by atoms with van der Waals surface area (Å²) in [6.07, 6.45) is 0.629. The van der Waals surface area contributed by atoms with Gasteiger partial charge in [-0.1, -0.05) is 72.3 Å². The zero-order valence-corrected chi connectivity index (χ0v) is 16.2. The molecule has 146 valence electrons. The molecule has 5 nitrogen and oxygen atoms in total. The van der Waals surface area contributed by atoms with E-state index in [0.717, 1.165) is 5.56 Å². The fourth-order valence-electron chi connectivity index (χ4n) is 3.50. The van der Waals surface area contributed by atoms with E-state index < -0.39 is 0 Å². The van der Waals surface area contributed by atoms with Crippen LogP contribution in [-0.2, 0) is 4.79 Å². The Labute approximate surface area is 170 Å². The fraction of sp³-hybridized carbons (Fsp3) is 0.167. The maximum atomic E-state index is 12.9. The Morgan fingerprint density at radius 1 is 0.862 bits per heavy atom. The number of hydrogen-bond donors (Lipinski definition) is 3. The van der Waals surface area contributed by atoms with Crippen LogP contribution in [0.3, 0.4) is 0 Å². The second kappa shape index (κ2) is 8.39. The van der Waals surface area contributed by atoms with Crippen LogP contribution in [0.2, 0.25) is 0 Å². The minimum Gasteiger partial charge on any atom is -0.324 e.